The summed E-state index contributed by atoms with van der Waals surface area (Å²) in [5.74, 6) is -1.15. The van der Waals surface area contributed by atoms with Gasteiger partial charge in [0.25, 0.3) is 0 Å². The van der Waals surface area contributed by atoms with Crippen molar-refractivity contribution in [2.45, 2.75) is 18.8 Å². The molecule has 1 aromatic heterocycles. The monoisotopic (exact) mass is 286 g/mol. The second-order valence-electron chi connectivity index (χ2n) is 4.99. The van der Waals surface area contributed by atoms with Crippen molar-refractivity contribution in [3.63, 3.8) is 0 Å². The van der Waals surface area contributed by atoms with Gasteiger partial charge in [-0.3, -0.25) is 0 Å². The molecule has 21 heavy (non-hydrogen) atoms. The van der Waals surface area contributed by atoms with Gasteiger partial charge in [0.15, 0.2) is 5.69 Å². The van der Waals surface area contributed by atoms with E-state index in [0.717, 1.165) is 18.5 Å². The Morgan fingerprint density at radius 2 is 2.10 bits per heavy atom. The summed E-state index contributed by atoms with van der Waals surface area (Å²) >= 11 is 0. The summed E-state index contributed by atoms with van der Waals surface area (Å²) in [5.41, 5.74) is 1.95. The van der Waals surface area contributed by atoms with E-state index in [1.807, 2.05) is 0 Å². The first kappa shape index (κ1) is 13.4. The summed E-state index contributed by atoms with van der Waals surface area (Å²) in [5, 5.41) is 13.2. The van der Waals surface area contributed by atoms with Crippen molar-refractivity contribution in [3.8, 4) is 5.69 Å². The van der Waals surface area contributed by atoms with Gasteiger partial charge in [-0.1, -0.05) is 6.07 Å². The first-order valence-corrected chi connectivity index (χ1v) is 6.62. The fourth-order valence-electron chi connectivity index (χ4n) is 2.26. The van der Waals surface area contributed by atoms with Crippen molar-refractivity contribution in [2.75, 3.05) is 7.11 Å². The standard InChI is InChI=1S/C15H14N2O4/c1-21-15(20)10-3-2-4-11(7-10)17-13(9-5-6-9)8-12(16-17)14(18)19/h2-4,7-9H,5-6H2,1H3,(H,18,19). The van der Waals surface area contributed by atoms with Gasteiger partial charge in [0, 0.05) is 11.6 Å². The summed E-state index contributed by atoms with van der Waals surface area (Å²) in [7, 11) is 1.32. The lowest BCUT2D eigenvalue weighted by Crippen LogP contribution is -2.06. The van der Waals surface area contributed by atoms with E-state index in [4.69, 9.17) is 9.84 Å². The number of benzene rings is 1. The molecule has 1 fully saturated rings. The highest BCUT2D eigenvalue weighted by Gasteiger charge is 2.29. The Hall–Kier alpha value is -2.63. The highest BCUT2D eigenvalue weighted by Crippen LogP contribution is 2.41. The molecular weight excluding hydrogens is 272 g/mol. The number of methoxy groups -OCH3 is 1. The van der Waals surface area contributed by atoms with E-state index in [2.05, 4.69) is 5.10 Å². The van der Waals surface area contributed by atoms with Crippen molar-refractivity contribution in [1.82, 2.24) is 9.78 Å². The highest BCUT2D eigenvalue weighted by molar-refractivity contribution is 5.90. The molecule has 0 saturated heterocycles. The van der Waals surface area contributed by atoms with Crippen LogP contribution in [-0.2, 0) is 4.74 Å². The Morgan fingerprint density at radius 3 is 2.71 bits per heavy atom. The van der Waals surface area contributed by atoms with E-state index in [1.165, 1.54) is 7.11 Å². The number of nitrogens with zero attached hydrogens (tertiary/aromatic N) is 2. The molecule has 0 unspecified atom stereocenters. The predicted octanol–water partition coefficient (Wildman–Crippen LogP) is 2.23. The number of aromatic nitrogens is 2. The molecule has 2 aromatic rings. The number of carbonyl (C=O) groups excluding carboxylic acids is 1. The Morgan fingerprint density at radius 1 is 1.33 bits per heavy atom. The lowest BCUT2D eigenvalue weighted by atomic mass is 10.2. The quantitative estimate of drug-likeness (QED) is 0.872. The van der Waals surface area contributed by atoms with Gasteiger partial charge in [-0.05, 0) is 37.1 Å². The number of carboxylic acid groups (broad SMARTS) is 1. The van der Waals surface area contributed by atoms with Gasteiger partial charge in [-0.25, -0.2) is 14.3 Å². The summed E-state index contributed by atoms with van der Waals surface area (Å²) in [4.78, 5) is 22.7. The Labute approximate surface area is 121 Å². The lowest BCUT2D eigenvalue weighted by molar-refractivity contribution is 0.0599. The van der Waals surface area contributed by atoms with E-state index in [0.29, 0.717) is 17.2 Å². The molecule has 0 atom stereocenters. The number of carbonyl (C=O) groups is 2. The SMILES string of the molecule is COC(=O)c1cccc(-n2nc(C(=O)O)cc2C2CC2)c1. The molecule has 0 radical (unpaired) electrons. The number of aromatic carboxylic acids is 1. The summed E-state index contributed by atoms with van der Waals surface area (Å²) in [6.07, 6.45) is 2.06. The van der Waals surface area contributed by atoms with E-state index in [1.54, 1.807) is 35.0 Å². The van der Waals surface area contributed by atoms with Gasteiger partial charge >= 0.3 is 11.9 Å². The Kier molecular flexibility index (Phi) is 3.21. The average molecular weight is 286 g/mol. The van der Waals surface area contributed by atoms with Crippen LogP contribution in [0.1, 0.15) is 45.3 Å². The smallest absolute Gasteiger partial charge is 0.356 e. The molecule has 1 aliphatic carbocycles. The molecule has 108 valence electrons. The molecule has 0 amide bonds. The van der Waals surface area contributed by atoms with E-state index < -0.39 is 11.9 Å². The van der Waals surface area contributed by atoms with Crippen molar-refractivity contribution < 1.29 is 19.4 Å². The van der Waals surface area contributed by atoms with Crippen LogP contribution < -0.4 is 0 Å². The van der Waals surface area contributed by atoms with Crippen LogP contribution in [-0.4, -0.2) is 33.9 Å². The zero-order valence-electron chi connectivity index (χ0n) is 11.4. The van der Waals surface area contributed by atoms with Crippen LogP contribution >= 0.6 is 0 Å². The van der Waals surface area contributed by atoms with Gasteiger partial charge in [0.1, 0.15) is 0 Å². The maximum absolute atomic E-state index is 11.6. The minimum Gasteiger partial charge on any atom is -0.476 e. The third-order valence-electron chi connectivity index (χ3n) is 3.46. The number of hydrogen-bond donors (Lipinski definition) is 1. The largest absolute Gasteiger partial charge is 0.476 e. The predicted molar refractivity (Wildman–Crippen MR) is 73.8 cm³/mol. The molecule has 0 bridgehead atoms. The van der Waals surface area contributed by atoms with Crippen molar-refractivity contribution in [3.05, 3.63) is 47.3 Å². The van der Waals surface area contributed by atoms with Crippen LogP contribution in [0.2, 0.25) is 0 Å². The minimum absolute atomic E-state index is 0.0142. The zero-order chi connectivity index (χ0) is 15.0. The molecule has 1 N–H and O–H groups in total. The van der Waals surface area contributed by atoms with Crippen molar-refractivity contribution in [2.24, 2.45) is 0 Å². The maximum Gasteiger partial charge on any atom is 0.356 e. The number of esters is 1. The summed E-state index contributed by atoms with van der Waals surface area (Å²) in [6.45, 7) is 0. The molecule has 6 nitrogen and oxygen atoms in total. The van der Waals surface area contributed by atoms with E-state index in [-0.39, 0.29) is 5.69 Å². The Balaban J connectivity index is 2.07. The normalized spacial score (nSPS) is 14.0. The molecule has 0 spiro atoms. The molecule has 0 aliphatic heterocycles. The summed E-state index contributed by atoms with van der Waals surface area (Å²) < 4.78 is 6.30. The number of ether oxygens (including phenoxy) is 1. The fourth-order valence-corrected chi connectivity index (χ4v) is 2.26. The molecular formula is C15H14N2O4. The average Bonchev–Trinajstić information content (AvgIpc) is 3.24. The van der Waals surface area contributed by atoms with Crippen LogP contribution in [0.3, 0.4) is 0 Å². The van der Waals surface area contributed by atoms with Crippen LogP contribution in [0.5, 0.6) is 0 Å². The molecule has 3 rings (SSSR count). The number of carboxylic acids is 1. The number of rotatable bonds is 4. The van der Waals surface area contributed by atoms with Crippen LogP contribution in [0.4, 0.5) is 0 Å². The van der Waals surface area contributed by atoms with Crippen molar-refractivity contribution >= 4 is 11.9 Å². The third-order valence-corrected chi connectivity index (χ3v) is 3.46. The van der Waals surface area contributed by atoms with Crippen LogP contribution in [0.25, 0.3) is 5.69 Å². The maximum atomic E-state index is 11.6. The highest BCUT2D eigenvalue weighted by atomic mass is 16.5. The lowest BCUT2D eigenvalue weighted by Gasteiger charge is -2.08. The van der Waals surface area contributed by atoms with E-state index in [9.17, 15) is 9.59 Å². The fraction of sp³-hybridized carbons (Fsp3) is 0.267. The van der Waals surface area contributed by atoms with E-state index >= 15 is 0 Å². The molecule has 1 aliphatic rings. The first-order valence-electron chi connectivity index (χ1n) is 6.62. The van der Waals surface area contributed by atoms with Gasteiger partial charge in [0.2, 0.25) is 0 Å². The van der Waals surface area contributed by atoms with Gasteiger partial charge in [0.05, 0.1) is 18.4 Å². The number of hydrogen-bond acceptors (Lipinski definition) is 4. The second kappa shape index (κ2) is 5.05. The summed E-state index contributed by atoms with van der Waals surface area (Å²) in [6, 6.07) is 8.41. The topological polar surface area (TPSA) is 81.4 Å². The molecule has 1 aromatic carbocycles. The molecule has 6 heteroatoms. The minimum atomic E-state index is -1.06. The molecule has 1 saturated carbocycles. The van der Waals surface area contributed by atoms with Gasteiger partial charge in [-0.2, -0.15) is 5.10 Å². The first-order chi connectivity index (χ1) is 10.1. The third kappa shape index (κ3) is 2.52. The van der Waals surface area contributed by atoms with Gasteiger partial charge < -0.3 is 9.84 Å². The Bertz CT molecular complexity index is 716. The van der Waals surface area contributed by atoms with Crippen molar-refractivity contribution in [1.29, 1.82) is 0 Å². The van der Waals surface area contributed by atoms with Crippen LogP contribution in [0.15, 0.2) is 30.3 Å². The van der Waals surface area contributed by atoms with Crippen LogP contribution in [0, 0.1) is 0 Å². The zero-order valence-corrected chi connectivity index (χ0v) is 11.4. The molecule has 1 heterocycles. The van der Waals surface area contributed by atoms with Gasteiger partial charge in [-0.15, -0.1) is 0 Å². The second-order valence-corrected chi connectivity index (χ2v) is 4.99.